The summed E-state index contributed by atoms with van der Waals surface area (Å²) in [6.07, 6.45) is 1.25. The van der Waals surface area contributed by atoms with Gasteiger partial charge in [-0.15, -0.1) is 0 Å². The second kappa shape index (κ2) is 15.9. The van der Waals surface area contributed by atoms with Gasteiger partial charge >= 0.3 is 5.97 Å². The zero-order valence-corrected chi connectivity index (χ0v) is 19.2. The summed E-state index contributed by atoms with van der Waals surface area (Å²) in [6, 6.07) is 17.1. The van der Waals surface area contributed by atoms with Gasteiger partial charge in [0.1, 0.15) is 5.03 Å². The van der Waals surface area contributed by atoms with Gasteiger partial charge in [-0.1, -0.05) is 70.1 Å². The minimum atomic E-state index is -0.593. The van der Waals surface area contributed by atoms with Crippen molar-refractivity contribution >= 4 is 17.7 Å². The van der Waals surface area contributed by atoms with E-state index in [2.05, 4.69) is 25.3 Å². The van der Waals surface area contributed by atoms with E-state index in [1.165, 1.54) is 18.2 Å². The number of benzene rings is 2. The molecule has 0 aliphatic carbocycles. The molecule has 2 rings (SSSR count). The summed E-state index contributed by atoms with van der Waals surface area (Å²) in [7, 11) is 0. The van der Waals surface area contributed by atoms with Crippen LogP contribution in [0.4, 0.5) is 0 Å². The minimum absolute atomic E-state index is 0.0306. The van der Waals surface area contributed by atoms with Crippen LogP contribution in [-0.2, 0) is 9.53 Å². The van der Waals surface area contributed by atoms with E-state index in [9.17, 15) is 4.79 Å². The van der Waals surface area contributed by atoms with Gasteiger partial charge < -0.3 is 15.9 Å². The van der Waals surface area contributed by atoms with Crippen LogP contribution in [0.25, 0.3) is 11.1 Å². The zero-order chi connectivity index (χ0) is 22.9. The van der Waals surface area contributed by atoms with Crippen LogP contribution in [-0.4, -0.2) is 12.6 Å². The number of nitrogens with two attached hydrogens (primary N) is 2. The van der Waals surface area contributed by atoms with E-state index < -0.39 is 5.97 Å². The van der Waals surface area contributed by atoms with Crippen LogP contribution in [0.1, 0.15) is 46.6 Å². The van der Waals surface area contributed by atoms with Gasteiger partial charge in [0, 0.05) is 4.90 Å². The molecule has 162 valence electrons. The first-order chi connectivity index (χ1) is 14.5. The quantitative estimate of drug-likeness (QED) is 0.197. The maximum Gasteiger partial charge on any atom is 0.358 e. The van der Waals surface area contributed by atoms with Gasteiger partial charge in [-0.3, -0.25) is 5.84 Å². The molecule has 2 aromatic rings. The number of nitriles is 1. The normalized spacial score (nSPS) is 10.2. The van der Waals surface area contributed by atoms with E-state index in [1.807, 2.05) is 50.2 Å². The van der Waals surface area contributed by atoms with E-state index in [0.717, 1.165) is 16.0 Å². The van der Waals surface area contributed by atoms with Crippen LogP contribution >= 0.6 is 11.8 Å². The molecule has 2 aromatic carbocycles. The predicted octanol–water partition coefficient (Wildman–Crippen LogP) is 4.91. The molecule has 0 atom stereocenters. The van der Waals surface area contributed by atoms with Crippen molar-refractivity contribution in [3.05, 3.63) is 64.8 Å². The van der Waals surface area contributed by atoms with Crippen molar-refractivity contribution < 1.29 is 9.53 Å². The largest absolute Gasteiger partial charge is 0.461 e. The number of esters is 1. The number of nitrogens with one attached hydrogen (secondary N) is 1. The number of nitrogens with zero attached hydrogens (tertiary/aromatic N) is 1. The summed E-state index contributed by atoms with van der Waals surface area (Å²) in [4.78, 5) is 12.6. The second-order valence-corrected chi connectivity index (χ2v) is 6.74. The Labute approximate surface area is 184 Å². The molecule has 0 aromatic heterocycles. The molecule has 30 heavy (non-hydrogen) atoms. The van der Waals surface area contributed by atoms with Gasteiger partial charge in [0.25, 0.3) is 0 Å². The molecule has 0 saturated carbocycles. The molecular weight excluding hydrogens is 396 g/mol. The van der Waals surface area contributed by atoms with Crippen molar-refractivity contribution in [3.8, 4) is 17.2 Å². The molecular formula is C23H32N4O2S. The fourth-order valence-corrected chi connectivity index (χ4v) is 2.83. The van der Waals surface area contributed by atoms with Gasteiger partial charge in [0.15, 0.2) is 5.70 Å². The SMILES string of the molecule is CC.CCC.CCOC(=O)/C(NN)=C(/N)Sc1ccc(-c2ccc(C#N)cc2)cc1. The first-order valence-corrected chi connectivity index (χ1v) is 10.7. The molecule has 7 heteroatoms. The Morgan fingerprint density at radius 1 is 1.03 bits per heavy atom. The lowest BCUT2D eigenvalue weighted by Gasteiger charge is -2.10. The van der Waals surface area contributed by atoms with Crippen LogP contribution in [0, 0.1) is 11.3 Å². The maximum atomic E-state index is 11.8. The van der Waals surface area contributed by atoms with Crippen molar-refractivity contribution in [2.45, 2.75) is 45.9 Å². The zero-order valence-electron chi connectivity index (χ0n) is 18.4. The molecule has 0 fully saturated rings. The number of hydrogen-bond acceptors (Lipinski definition) is 7. The van der Waals surface area contributed by atoms with E-state index in [1.54, 1.807) is 19.1 Å². The monoisotopic (exact) mass is 428 g/mol. The van der Waals surface area contributed by atoms with Crippen LogP contribution in [0.15, 0.2) is 64.2 Å². The first-order valence-electron chi connectivity index (χ1n) is 9.92. The minimum Gasteiger partial charge on any atom is -0.461 e. The first kappa shape index (κ1) is 27.0. The summed E-state index contributed by atoms with van der Waals surface area (Å²) in [6.45, 7) is 10.2. The van der Waals surface area contributed by atoms with Crippen molar-refractivity contribution in [2.24, 2.45) is 11.6 Å². The summed E-state index contributed by atoms with van der Waals surface area (Å²) in [5.41, 5.74) is 10.9. The van der Waals surface area contributed by atoms with Crippen molar-refractivity contribution in [1.29, 1.82) is 5.26 Å². The highest BCUT2D eigenvalue weighted by molar-refractivity contribution is 8.03. The maximum absolute atomic E-state index is 11.8. The second-order valence-electron chi connectivity index (χ2n) is 5.63. The summed E-state index contributed by atoms with van der Waals surface area (Å²) in [5.74, 6) is 4.76. The van der Waals surface area contributed by atoms with Gasteiger partial charge in [0.2, 0.25) is 0 Å². The summed E-state index contributed by atoms with van der Waals surface area (Å²) >= 11 is 1.21. The Morgan fingerprint density at radius 3 is 1.90 bits per heavy atom. The third-order valence-corrected chi connectivity index (χ3v) is 4.23. The number of carbonyl (C=O) groups excluding carboxylic acids is 1. The van der Waals surface area contributed by atoms with Crippen LogP contribution in [0.2, 0.25) is 0 Å². The number of ether oxygens (including phenoxy) is 1. The number of hydrazine groups is 1. The molecule has 6 nitrogen and oxygen atoms in total. The molecule has 0 spiro atoms. The average molecular weight is 429 g/mol. The summed E-state index contributed by atoms with van der Waals surface area (Å²) in [5, 5.41) is 9.07. The fraction of sp³-hybridized carbons (Fsp3) is 0.304. The van der Waals surface area contributed by atoms with E-state index in [0.29, 0.717) is 5.56 Å². The van der Waals surface area contributed by atoms with Crippen molar-refractivity contribution in [3.63, 3.8) is 0 Å². The molecule has 0 bridgehead atoms. The highest BCUT2D eigenvalue weighted by Crippen LogP contribution is 2.28. The lowest BCUT2D eigenvalue weighted by Crippen LogP contribution is -2.30. The molecule has 0 heterocycles. The highest BCUT2D eigenvalue weighted by atomic mass is 32.2. The standard InChI is InChI=1S/C18H18N4O2S.C3H8.C2H6/c1-2-24-18(23)16(22-21)17(20)25-15-9-7-14(8-10-15)13-5-3-12(11-19)4-6-13;1-3-2;1-2/h3-10,22H,2,20-21H2,1H3;3H2,1-2H3;1-2H3/b17-16+;;. The van der Waals surface area contributed by atoms with Crippen LogP contribution in [0.5, 0.6) is 0 Å². The molecule has 5 N–H and O–H groups in total. The fourth-order valence-electron chi connectivity index (χ4n) is 2.06. The Balaban J connectivity index is 0.00000154. The number of thioether (sulfide) groups is 1. The smallest absolute Gasteiger partial charge is 0.358 e. The number of hydrogen-bond donors (Lipinski definition) is 3. The highest BCUT2D eigenvalue weighted by Gasteiger charge is 2.14. The molecule has 0 amide bonds. The van der Waals surface area contributed by atoms with Gasteiger partial charge in [-0.05, 0) is 42.3 Å². The molecule has 0 saturated heterocycles. The van der Waals surface area contributed by atoms with Crippen LogP contribution < -0.4 is 17.0 Å². The topological polar surface area (TPSA) is 114 Å². The van der Waals surface area contributed by atoms with Gasteiger partial charge in [-0.25, -0.2) is 4.79 Å². The lowest BCUT2D eigenvalue weighted by atomic mass is 10.0. The van der Waals surface area contributed by atoms with Crippen LogP contribution in [0.3, 0.4) is 0 Å². The van der Waals surface area contributed by atoms with Gasteiger partial charge in [-0.2, -0.15) is 5.26 Å². The third-order valence-electron chi connectivity index (χ3n) is 3.30. The summed E-state index contributed by atoms with van der Waals surface area (Å²) < 4.78 is 4.89. The molecule has 0 aliphatic heterocycles. The molecule has 0 aliphatic rings. The average Bonchev–Trinajstić information content (AvgIpc) is 2.77. The van der Waals surface area contributed by atoms with Gasteiger partial charge in [0.05, 0.1) is 18.2 Å². The van der Waals surface area contributed by atoms with E-state index in [4.69, 9.17) is 21.6 Å². The number of carbonyl (C=O) groups is 1. The Hall–Kier alpha value is -2.95. The lowest BCUT2D eigenvalue weighted by molar-refractivity contribution is -0.139. The Kier molecular flexibility index (Phi) is 14.3. The third kappa shape index (κ3) is 9.03. The Bertz CT molecular complexity index is 826. The number of rotatable bonds is 6. The molecule has 0 unspecified atom stereocenters. The van der Waals surface area contributed by atoms with E-state index >= 15 is 0 Å². The van der Waals surface area contributed by atoms with Crippen molar-refractivity contribution in [1.82, 2.24) is 5.43 Å². The van der Waals surface area contributed by atoms with Crippen molar-refractivity contribution in [2.75, 3.05) is 6.61 Å². The van der Waals surface area contributed by atoms with E-state index in [-0.39, 0.29) is 17.3 Å². The molecule has 0 radical (unpaired) electrons. The Morgan fingerprint density at radius 2 is 1.50 bits per heavy atom. The predicted molar refractivity (Wildman–Crippen MR) is 125 cm³/mol.